The van der Waals surface area contributed by atoms with Crippen molar-refractivity contribution in [2.24, 2.45) is 0 Å². The van der Waals surface area contributed by atoms with Crippen molar-refractivity contribution < 1.29 is 0 Å². The summed E-state index contributed by atoms with van der Waals surface area (Å²) in [5.74, 6) is 3.00. The highest BCUT2D eigenvalue weighted by Gasteiger charge is 2.31. The molecule has 4 nitrogen and oxygen atoms in total. The first-order chi connectivity index (χ1) is 7.38. The molecule has 1 N–H and O–H groups in total. The number of aryl methyl sites for hydroxylation is 1. The van der Waals surface area contributed by atoms with Gasteiger partial charge in [0.25, 0.3) is 0 Å². The van der Waals surface area contributed by atoms with Gasteiger partial charge in [-0.15, -0.1) is 0 Å². The van der Waals surface area contributed by atoms with Gasteiger partial charge >= 0.3 is 0 Å². The third-order valence-electron chi connectivity index (χ3n) is 3.38. The molecule has 0 aromatic carbocycles. The van der Waals surface area contributed by atoms with E-state index in [-0.39, 0.29) is 0 Å². The van der Waals surface area contributed by atoms with E-state index >= 15 is 0 Å². The average molecular weight is 206 g/mol. The molecule has 1 aromatic heterocycles. The summed E-state index contributed by atoms with van der Waals surface area (Å²) in [5.41, 5.74) is 0. The van der Waals surface area contributed by atoms with Crippen LogP contribution in [-0.2, 0) is 6.42 Å². The van der Waals surface area contributed by atoms with Gasteiger partial charge in [0, 0.05) is 18.9 Å². The van der Waals surface area contributed by atoms with Crippen molar-refractivity contribution in [1.29, 1.82) is 0 Å². The molecule has 15 heavy (non-hydrogen) atoms. The van der Waals surface area contributed by atoms with Gasteiger partial charge in [-0.2, -0.15) is 5.10 Å². The van der Waals surface area contributed by atoms with Gasteiger partial charge in [-0.05, 0) is 32.7 Å². The number of nitrogens with zero attached hydrogens (tertiary/aromatic N) is 3. The van der Waals surface area contributed by atoms with E-state index in [1.165, 1.54) is 31.5 Å². The summed E-state index contributed by atoms with van der Waals surface area (Å²) in [6.07, 6.45) is 6.19. The molecule has 0 bridgehead atoms. The second kappa shape index (κ2) is 3.59. The van der Waals surface area contributed by atoms with Crippen LogP contribution in [0.15, 0.2) is 0 Å². The first-order valence-electron chi connectivity index (χ1n) is 5.98. The molecule has 2 heterocycles. The van der Waals surface area contributed by atoms with E-state index < -0.39 is 0 Å². The molecule has 0 saturated heterocycles. The molecule has 0 radical (unpaired) electrons. The zero-order valence-electron chi connectivity index (χ0n) is 9.24. The summed E-state index contributed by atoms with van der Waals surface area (Å²) >= 11 is 0. The van der Waals surface area contributed by atoms with Crippen LogP contribution in [0, 0.1) is 0 Å². The Morgan fingerprint density at radius 3 is 3.00 bits per heavy atom. The third-order valence-corrected chi connectivity index (χ3v) is 3.38. The quantitative estimate of drug-likeness (QED) is 0.809. The third kappa shape index (κ3) is 1.67. The standard InChI is InChI=1S/C11H18N4/c1-12-7-9-3-2-4-10-13-11(8-5-6-8)14-15(9)10/h8-9,12H,2-7H2,1H3. The molecule has 1 atom stereocenters. The fourth-order valence-electron chi connectivity index (χ4n) is 2.39. The van der Waals surface area contributed by atoms with E-state index in [9.17, 15) is 0 Å². The lowest BCUT2D eigenvalue weighted by atomic mass is 10.1. The molecule has 3 rings (SSSR count). The fraction of sp³-hybridized carbons (Fsp3) is 0.818. The lowest BCUT2D eigenvalue weighted by molar-refractivity contribution is 0.352. The minimum atomic E-state index is 0.527. The normalized spacial score (nSPS) is 25.3. The molecular weight excluding hydrogens is 188 g/mol. The zero-order valence-corrected chi connectivity index (χ0v) is 9.24. The van der Waals surface area contributed by atoms with Crippen LogP contribution < -0.4 is 5.32 Å². The molecule has 1 unspecified atom stereocenters. The maximum atomic E-state index is 4.68. The zero-order chi connectivity index (χ0) is 10.3. The second-order valence-electron chi connectivity index (χ2n) is 4.71. The fourth-order valence-corrected chi connectivity index (χ4v) is 2.39. The van der Waals surface area contributed by atoms with Crippen LogP contribution in [0.5, 0.6) is 0 Å². The highest BCUT2D eigenvalue weighted by molar-refractivity contribution is 5.08. The van der Waals surface area contributed by atoms with Crippen molar-refractivity contribution in [3.63, 3.8) is 0 Å². The summed E-state index contributed by atoms with van der Waals surface area (Å²) in [5, 5.41) is 7.92. The molecule has 1 aliphatic carbocycles. The van der Waals surface area contributed by atoms with Gasteiger partial charge in [-0.3, -0.25) is 0 Å². The lowest BCUT2D eigenvalue weighted by Crippen LogP contribution is -2.27. The van der Waals surface area contributed by atoms with Crippen LogP contribution in [0.1, 0.15) is 49.3 Å². The molecule has 4 heteroatoms. The molecule has 0 amide bonds. The number of likely N-dealkylation sites (N-methyl/N-ethyl adjacent to an activating group) is 1. The Labute approximate surface area is 90.1 Å². The summed E-state index contributed by atoms with van der Waals surface area (Å²) in [6.45, 7) is 1.01. The summed E-state index contributed by atoms with van der Waals surface area (Å²) in [7, 11) is 2.01. The van der Waals surface area contributed by atoms with Crippen molar-refractivity contribution in [1.82, 2.24) is 20.1 Å². The van der Waals surface area contributed by atoms with Gasteiger partial charge in [0.1, 0.15) is 5.82 Å². The van der Waals surface area contributed by atoms with Crippen molar-refractivity contribution in [2.75, 3.05) is 13.6 Å². The van der Waals surface area contributed by atoms with Crippen molar-refractivity contribution in [2.45, 2.75) is 44.1 Å². The molecule has 1 aromatic rings. The number of rotatable bonds is 3. The second-order valence-corrected chi connectivity index (χ2v) is 4.71. The van der Waals surface area contributed by atoms with Crippen LogP contribution in [0.25, 0.3) is 0 Å². The Morgan fingerprint density at radius 2 is 2.27 bits per heavy atom. The van der Waals surface area contributed by atoms with Crippen molar-refractivity contribution in [3.8, 4) is 0 Å². The average Bonchev–Trinajstić information content (AvgIpc) is 2.99. The summed E-state index contributed by atoms with van der Waals surface area (Å²) < 4.78 is 2.17. The van der Waals surface area contributed by atoms with E-state index in [0.29, 0.717) is 12.0 Å². The molecule has 1 fully saturated rings. The highest BCUT2D eigenvalue weighted by Crippen LogP contribution is 2.39. The first-order valence-corrected chi connectivity index (χ1v) is 5.98. The number of nitrogens with one attached hydrogen (secondary N) is 1. The van der Waals surface area contributed by atoms with E-state index in [1.807, 2.05) is 7.05 Å². The number of hydrogen-bond acceptors (Lipinski definition) is 3. The lowest BCUT2D eigenvalue weighted by Gasteiger charge is -2.22. The Kier molecular flexibility index (Phi) is 2.24. The Balaban J connectivity index is 1.88. The topological polar surface area (TPSA) is 42.7 Å². The summed E-state index contributed by atoms with van der Waals surface area (Å²) in [4.78, 5) is 4.67. The Morgan fingerprint density at radius 1 is 1.40 bits per heavy atom. The van der Waals surface area contributed by atoms with Crippen molar-refractivity contribution >= 4 is 0 Å². The number of aromatic nitrogens is 3. The predicted octanol–water partition coefficient (Wildman–Crippen LogP) is 1.25. The molecule has 2 aliphatic rings. The smallest absolute Gasteiger partial charge is 0.154 e. The monoisotopic (exact) mass is 206 g/mol. The SMILES string of the molecule is CNCC1CCCc2nc(C3CC3)nn21. The van der Waals surface area contributed by atoms with Gasteiger partial charge in [0.2, 0.25) is 0 Å². The molecular formula is C11H18N4. The Bertz CT molecular complexity index is 353. The summed E-state index contributed by atoms with van der Waals surface area (Å²) in [6, 6.07) is 0.527. The maximum absolute atomic E-state index is 4.68. The van der Waals surface area contributed by atoms with E-state index in [2.05, 4.69) is 20.1 Å². The minimum absolute atomic E-state index is 0.527. The van der Waals surface area contributed by atoms with Crippen LogP contribution in [-0.4, -0.2) is 28.4 Å². The largest absolute Gasteiger partial charge is 0.318 e. The van der Waals surface area contributed by atoms with Crippen LogP contribution in [0.4, 0.5) is 0 Å². The molecule has 1 saturated carbocycles. The van der Waals surface area contributed by atoms with E-state index in [1.54, 1.807) is 0 Å². The van der Waals surface area contributed by atoms with Crippen LogP contribution in [0.3, 0.4) is 0 Å². The Hall–Kier alpha value is -0.900. The molecule has 82 valence electrons. The predicted molar refractivity (Wildman–Crippen MR) is 57.9 cm³/mol. The highest BCUT2D eigenvalue weighted by atomic mass is 15.4. The van der Waals surface area contributed by atoms with Gasteiger partial charge in [-0.25, -0.2) is 9.67 Å². The molecule has 1 aliphatic heterocycles. The number of fused-ring (bicyclic) bond motifs is 1. The van der Waals surface area contributed by atoms with E-state index in [0.717, 1.165) is 18.8 Å². The van der Waals surface area contributed by atoms with Crippen LogP contribution in [0.2, 0.25) is 0 Å². The maximum Gasteiger partial charge on any atom is 0.154 e. The van der Waals surface area contributed by atoms with Crippen LogP contribution >= 0.6 is 0 Å². The number of hydrogen-bond donors (Lipinski definition) is 1. The van der Waals surface area contributed by atoms with Gasteiger partial charge in [0.15, 0.2) is 5.82 Å². The minimum Gasteiger partial charge on any atom is -0.318 e. The van der Waals surface area contributed by atoms with Gasteiger partial charge < -0.3 is 5.32 Å². The molecule has 0 spiro atoms. The van der Waals surface area contributed by atoms with E-state index in [4.69, 9.17) is 0 Å². The first kappa shape index (κ1) is 9.33. The van der Waals surface area contributed by atoms with Gasteiger partial charge in [-0.1, -0.05) is 0 Å². The van der Waals surface area contributed by atoms with Crippen molar-refractivity contribution in [3.05, 3.63) is 11.6 Å². The van der Waals surface area contributed by atoms with Gasteiger partial charge in [0.05, 0.1) is 6.04 Å².